The van der Waals surface area contributed by atoms with Gasteiger partial charge in [-0.2, -0.15) is 0 Å². The van der Waals surface area contributed by atoms with E-state index in [0.29, 0.717) is 11.8 Å². The number of oxime groups is 1. The van der Waals surface area contributed by atoms with Crippen LogP contribution in [0.15, 0.2) is 23.4 Å². The molecule has 1 aliphatic rings. The van der Waals surface area contributed by atoms with E-state index < -0.39 is 5.82 Å². The van der Waals surface area contributed by atoms with Crippen LogP contribution in [0, 0.1) is 17.7 Å². The third-order valence-corrected chi connectivity index (χ3v) is 4.41. The van der Waals surface area contributed by atoms with E-state index in [1.165, 1.54) is 12.5 Å². The second kappa shape index (κ2) is 6.78. The van der Waals surface area contributed by atoms with E-state index >= 15 is 0 Å². The van der Waals surface area contributed by atoms with Crippen molar-refractivity contribution in [3.63, 3.8) is 0 Å². The molecule has 0 aliphatic carbocycles. The quantitative estimate of drug-likeness (QED) is 0.389. The second-order valence-corrected chi connectivity index (χ2v) is 6.04. The van der Waals surface area contributed by atoms with E-state index in [0.717, 1.165) is 31.6 Å². The van der Waals surface area contributed by atoms with Crippen LogP contribution in [0.1, 0.15) is 38.7 Å². The molecule has 0 radical (unpaired) electrons. The van der Waals surface area contributed by atoms with Gasteiger partial charge in [0, 0.05) is 13.1 Å². The molecule has 1 aromatic carbocycles. The van der Waals surface area contributed by atoms with E-state index in [9.17, 15) is 4.39 Å². The lowest BCUT2D eigenvalue weighted by molar-refractivity contribution is 0.318. The third-order valence-electron chi connectivity index (χ3n) is 4.41. The Labute approximate surface area is 125 Å². The molecule has 1 saturated heterocycles. The summed E-state index contributed by atoms with van der Waals surface area (Å²) < 4.78 is 14.1. The van der Waals surface area contributed by atoms with Crippen LogP contribution < -0.4 is 10.6 Å². The first-order valence-electron chi connectivity index (χ1n) is 7.56. The van der Waals surface area contributed by atoms with Crippen LogP contribution in [0.2, 0.25) is 0 Å². The molecule has 5 heteroatoms. The van der Waals surface area contributed by atoms with Crippen LogP contribution >= 0.6 is 0 Å². The van der Waals surface area contributed by atoms with Crippen molar-refractivity contribution in [2.75, 3.05) is 18.0 Å². The van der Waals surface area contributed by atoms with Crippen LogP contribution in [-0.4, -0.2) is 24.1 Å². The van der Waals surface area contributed by atoms with Crippen LogP contribution in [0.5, 0.6) is 0 Å². The maximum absolute atomic E-state index is 14.1. The van der Waals surface area contributed by atoms with Crippen LogP contribution in [0.25, 0.3) is 0 Å². The predicted molar refractivity (Wildman–Crippen MR) is 83.3 cm³/mol. The van der Waals surface area contributed by atoms with Crippen molar-refractivity contribution in [1.82, 2.24) is 0 Å². The Morgan fingerprint density at radius 3 is 2.81 bits per heavy atom. The summed E-state index contributed by atoms with van der Waals surface area (Å²) in [7, 11) is 0. The number of hydrogen-bond donors (Lipinski definition) is 2. The van der Waals surface area contributed by atoms with Crippen molar-refractivity contribution >= 4 is 11.5 Å². The zero-order valence-corrected chi connectivity index (χ0v) is 12.7. The fourth-order valence-corrected chi connectivity index (χ4v) is 3.11. The van der Waals surface area contributed by atoms with Gasteiger partial charge in [0.25, 0.3) is 0 Å². The average molecular weight is 293 g/mol. The smallest absolute Gasteiger partial charge is 0.175 e. The highest BCUT2D eigenvalue weighted by Crippen LogP contribution is 2.30. The molecule has 1 aliphatic heterocycles. The van der Waals surface area contributed by atoms with E-state index in [1.807, 2.05) is 6.07 Å². The molecule has 21 heavy (non-hydrogen) atoms. The van der Waals surface area contributed by atoms with Gasteiger partial charge in [-0.05, 0) is 43.2 Å². The van der Waals surface area contributed by atoms with Gasteiger partial charge in [-0.25, -0.2) is 4.39 Å². The molecular formula is C16H24FN3O. The molecule has 4 nitrogen and oxygen atoms in total. The van der Waals surface area contributed by atoms with E-state index in [4.69, 9.17) is 10.9 Å². The van der Waals surface area contributed by atoms with Gasteiger partial charge in [0.2, 0.25) is 0 Å². The highest BCUT2D eigenvalue weighted by molar-refractivity contribution is 6.02. The SMILES string of the molecule is CC(C)C1CCCN(c2cccc(F)c2C(N)=NO)CC1. The van der Waals surface area contributed by atoms with Crippen LogP contribution in [0.3, 0.4) is 0 Å². The average Bonchev–Trinajstić information content (AvgIpc) is 2.72. The molecule has 1 unspecified atom stereocenters. The summed E-state index contributed by atoms with van der Waals surface area (Å²) in [5.41, 5.74) is 6.57. The Morgan fingerprint density at radius 1 is 1.38 bits per heavy atom. The predicted octanol–water partition coefficient (Wildman–Crippen LogP) is 3.18. The summed E-state index contributed by atoms with van der Waals surface area (Å²) >= 11 is 0. The molecule has 0 amide bonds. The van der Waals surface area contributed by atoms with Gasteiger partial charge in [0.05, 0.1) is 11.3 Å². The lowest BCUT2D eigenvalue weighted by atomic mass is 9.89. The van der Waals surface area contributed by atoms with Gasteiger partial charge in [-0.1, -0.05) is 25.1 Å². The minimum absolute atomic E-state index is 0.173. The number of hydrogen-bond acceptors (Lipinski definition) is 3. The standard InChI is InChI=1S/C16H24FN3O/c1-11(2)12-5-4-9-20(10-8-12)14-7-3-6-13(17)15(14)16(18)19-21/h3,6-7,11-12,21H,4-5,8-10H2,1-2H3,(H2,18,19). The molecule has 116 valence electrons. The first-order chi connectivity index (χ1) is 10.0. The van der Waals surface area contributed by atoms with Crippen molar-refractivity contribution in [3.05, 3.63) is 29.6 Å². The topological polar surface area (TPSA) is 61.8 Å². The van der Waals surface area contributed by atoms with Crippen molar-refractivity contribution in [3.8, 4) is 0 Å². The molecule has 0 aromatic heterocycles. The van der Waals surface area contributed by atoms with E-state index in [2.05, 4.69) is 23.9 Å². The van der Waals surface area contributed by atoms with Crippen molar-refractivity contribution in [2.45, 2.75) is 33.1 Å². The first kappa shape index (κ1) is 15.6. The number of benzene rings is 1. The zero-order valence-electron chi connectivity index (χ0n) is 12.7. The van der Waals surface area contributed by atoms with Crippen molar-refractivity contribution < 1.29 is 9.60 Å². The van der Waals surface area contributed by atoms with Gasteiger partial charge in [0.1, 0.15) is 5.82 Å². The zero-order chi connectivity index (χ0) is 15.4. The summed E-state index contributed by atoms with van der Waals surface area (Å²) in [6.07, 6.45) is 3.36. The molecule has 1 aromatic rings. The van der Waals surface area contributed by atoms with Gasteiger partial charge < -0.3 is 15.8 Å². The summed E-state index contributed by atoms with van der Waals surface area (Å²) in [6.45, 7) is 6.26. The lowest BCUT2D eigenvalue weighted by Gasteiger charge is -2.26. The largest absolute Gasteiger partial charge is 0.409 e. The Hall–Kier alpha value is -1.78. The molecule has 1 atom stereocenters. The lowest BCUT2D eigenvalue weighted by Crippen LogP contribution is -2.28. The number of halogens is 1. The summed E-state index contributed by atoms with van der Waals surface area (Å²) in [4.78, 5) is 2.15. The fourth-order valence-electron chi connectivity index (χ4n) is 3.11. The molecular weight excluding hydrogens is 269 g/mol. The van der Waals surface area contributed by atoms with Crippen LogP contribution in [-0.2, 0) is 0 Å². The van der Waals surface area contributed by atoms with Gasteiger partial charge in [-0.3, -0.25) is 0 Å². The Bertz CT molecular complexity index is 516. The third kappa shape index (κ3) is 3.46. The highest BCUT2D eigenvalue weighted by atomic mass is 19.1. The maximum Gasteiger partial charge on any atom is 0.175 e. The Morgan fingerprint density at radius 2 is 2.14 bits per heavy atom. The van der Waals surface area contributed by atoms with Crippen molar-refractivity contribution in [2.24, 2.45) is 22.7 Å². The van der Waals surface area contributed by atoms with Crippen LogP contribution in [0.4, 0.5) is 10.1 Å². The second-order valence-electron chi connectivity index (χ2n) is 6.04. The van der Waals surface area contributed by atoms with E-state index in [-0.39, 0.29) is 11.4 Å². The Balaban J connectivity index is 2.28. The number of anilines is 1. The number of amidine groups is 1. The van der Waals surface area contributed by atoms with E-state index in [1.54, 1.807) is 6.07 Å². The number of nitrogens with two attached hydrogens (primary N) is 1. The minimum Gasteiger partial charge on any atom is -0.409 e. The number of nitrogens with zero attached hydrogens (tertiary/aromatic N) is 2. The maximum atomic E-state index is 14.1. The molecule has 0 saturated carbocycles. The molecule has 3 N–H and O–H groups in total. The van der Waals surface area contributed by atoms with Crippen molar-refractivity contribution in [1.29, 1.82) is 0 Å². The fraction of sp³-hybridized carbons (Fsp3) is 0.562. The molecule has 2 rings (SSSR count). The van der Waals surface area contributed by atoms with Gasteiger partial charge in [-0.15, -0.1) is 0 Å². The summed E-state index contributed by atoms with van der Waals surface area (Å²) in [5.74, 6) is 0.747. The first-order valence-corrected chi connectivity index (χ1v) is 7.56. The molecule has 1 heterocycles. The Kier molecular flexibility index (Phi) is 5.04. The van der Waals surface area contributed by atoms with Gasteiger partial charge in [0.15, 0.2) is 5.84 Å². The molecule has 0 bridgehead atoms. The van der Waals surface area contributed by atoms with Gasteiger partial charge >= 0.3 is 0 Å². The normalized spacial score (nSPS) is 20.7. The molecule has 1 fully saturated rings. The minimum atomic E-state index is -0.451. The summed E-state index contributed by atoms with van der Waals surface area (Å²) in [5, 5.41) is 11.9. The molecule has 0 spiro atoms. The summed E-state index contributed by atoms with van der Waals surface area (Å²) in [6, 6.07) is 4.85. The number of rotatable bonds is 3. The highest BCUT2D eigenvalue weighted by Gasteiger charge is 2.23. The monoisotopic (exact) mass is 293 g/mol.